The fourth-order valence-corrected chi connectivity index (χ4v) is 3.19. The summed E-state index contributed by atoms with van der Waals surface area (Å²) in [5.41, 5.74) is -0.353. The SMILES string of the molecule is CN1CCN(C(C)(C)CNc2nc(C(F)(F)F)nc3cc(F)ccc23)CC1. The van der Waals surface area contributed by atoms with E-state index in [0.29, 0.717) is 11.9 Å². The van der Waals surface area contributed by atoms with Gasteiger partial charge in [-0.15, -0.1) is 0 Å². The Morgan fingerprint density at radius 2 is 1.74 bits per heavy atom. The molecule has 9 heteroatoms. The van der Waals surface area contributed by atoms with Crippen LogP contribution in [-0.4, -0.2) is 65.1 Å². The van der Waals surface area contributed by atoms with Crippen molar-refractivity contribution in [1.82, 2.24) is 19.8 Å². The lowest BCUT2D eigenvalue weighted by Gasteiger charge is -2.43. The van der Waals surface area contributed by atoms with Crippen LogP contribution in [0.3, 0.4) is 0 Å². The van der Waals surface area contributed by atoms with Crippen molar-refractivity contribution in [2.45, 2.75) is 25.6 Å². The summed E-state index contributed by atoms with van der Waals surface area (Å²) in [5.74, 6) is -1.85. The molecule has 1 N–H and O–H groups in total. The highest BCUT2D eigenvalue weighted by Crippen LogP contribution is 2.31. The van der Waals surface area contributed by atoms with E-state index in [2.05, 4.69) is 32.1 Å². The number of likely N-dealkylation sites (N-methyl/N-ethyl adjacent to an activating group) is 1. The molecule has 148 valence electrons. The molecule has 1 aromatic carbocycles. The molecular weight excluding hydrogens is 362 g/mol. The summed E-state index contributed by atoms with van der Waals surface area (Å²) < 4.78 is 52.9. The van der Waals surface area contributed by atoms with E-state index in [1.54, 1.807) is 0 Å². The van der Waals surface area contributed by atoms with E-state index in [0.717, 1.165) is 32.2 Å². The maximum absolute atomic E-state index is 13.5. The Bertz CT molecular complexity index is 813. The van der Waals surface area contributed by atoms with Gasteiger partial charge < -0.3 is 10.2 Å². The van der Waals surface area contributed by atoms with E-state index in [9.17, 15) is 17.6 Å². The van der Waals surface area contributed by atoms with Crippen molar-refractivity contribution in [2.75, 3.05) is 45.1 Å². The molecule has 1 fully saturated rings. The zero-order chi connectivity index (χ0) is 19.8. The van der Waals surface area contributed by atoms with E-state index in [-0.39, 0.29) is 16.9 Å². The van der Waals surface area contributed by atoms with Gasteiger partial charge in [-0.05, 0) is 33.0 Å². The Balaban J connectivity index is 1.87. The Hall–Kier alpha value is -2.00. The minimum Gasteiger partial charge on any atom is -0.368 e. The van der Waals surface area contributed by atoms with Crippen molar-refractivity contribution < 1.29 is 17.6 Å². The van der Waals surface area contributed by atoms with Crippen LogP contribution in [-0.2, 0) is 6.18 Å². The van der Waals surface area contributed by atoms with Gasteiger partial charge in [-0.1, -0.05) is 0 Å². The standard InChI is InChI=1S/C18H23F4N5/c1-17(2,27-8-6-26(3)7-9-27)11-23-15-13-5-4-12(19)10-14(13)24-16(25-15)18(20,21)22/h4-5,10H,6-9,11H2,1-3H3,(H,23,24,25). The minimum atomic E-state index is -4.70. The Morgan fingerprint density at radius 3 is 2.37 bits per heavy atom. The number of hydrogen-bond donors (Lipinski definition) is 1. The van der Waals surface area contributed by atoms with Crippen molar-refractivity contribution in [3.63, 3.8) is 0 Å². The van der Waals surface area contributed by atoms with Gasteiger partial charge in [0, 0.05) is 49.7 Å². The lowest BCUT2D eigenvalue weighted by molar-refractivity contribution is -0.144. The second-order valence-corrected chi connectivity index (χ2v) is 7.51. The largest absolute Gasteiger partial charge is 0.451 e. The van der Waals surface area contributed by atoms with Crippen molar-refractivity contribution in [3.05, 3.63) is 29.8 Å². The highest BCUT2D eigenvalue weighted by molar-refractivity contribution is 5.89. The van der Waals surface area contributed by atoms with Crippen LogP contribution in [0.1, 0.15) is 19.7 Å². The Labute approximate surface area is 155 Å². The summed E-state index contributed by atoms with van der Waals surface area (Å²) in [6.07, 6.45) is -4.70. The third-order valence-corrected chi connectivity index (χ3v) is 4.96. The molecule has 0 unspecified atom stereocenters. The predicted octanol–water partition coefficient (Wildman–Crippen LogP) is 3.23. The second-order valence-electron chi connectivity index (χ2n) is 7.51. The third kappa shape index (κ3) is 4.47. The van der Waals surface area contributed by atoms with E-state index in [1.165, 1.54) is 12.1 Å². The van der Waals surface area contributed by atoms with Crippen LogP contribution in [0.2, 0.25) is 0 Å². The molecule has 1 saturated heterocycles. The normalized spacial score (nSPS) is 17.4. The van der Waals surface area contributed by atoms with E-state index in [1.807, 2.05) is 13.8 Å². The smallest absolute Gasteiger partial charge is 0.368 e. The van der Waals surface area contributed by atoms with Gasteiger partial charge >= 0.3 is 6.18 Å². The zero-order valence-corrected chi connectivity index (χ0v) is 15.6. The first-order valence-corrected chi connectivity index (χ1v) is 8.78. The number of alkyl halides is 3. The number of nitrogens with zero attached hydrogens (tertiary/aromatic N) is 4. The summed E-state index contributed by atoms with van der Waals surface area (Å²) in [6, 6.07) is 3.58. The number of fused-ring (bicyclic) bond motifs is 1. The topological polar surface area (TPSA) is 44.3 Å². The van der Waals surface area contributed by atoms with Gasteiger partial charge in [0.15, 0.2) is 0 Å². The highest BCUT2D eigenvalue weighted by Gasteiger charge is 2.36. The lowest BCUT2D eigenvalue weighted by atomic mass is 10.0. The average Bonchev–Trinajstić information content (AvgIpc) is 2.58. The van der Waals surface area contributed by atoms with Gasteiger partial charge in [0.05, 0.1) is 5.52 Å². The molecule has 2 heterocycles. The Morgan fingerprint density at radius 1 is 1.07 bits per heavy atom. The van der Waals surface area contributed by atoms with Crippen LogP contribution in [0.4, 0.5) is 23.4 Å². The van der Waals surface area contributed by atoms with Crippen molar-refractivity contribution >= 4 is 16.7 Å². The number of halogens is 4. The quantitative estimate of drug-likeness (QED) is 0.819. The first kappa shape index (κ1) is 19.8. The number of benzene rings is 1. The molecular formula is C18H23F4N5. The fraction of sp³-hybridized carbons (Fsp3) is 0.556. The molecule has 1 aliphatic rings. The molecule has 0 spiro atoms. The molecule has 5 nitrogen and oxygen atoms in total. The molecule has 0 amide bonds. The number of aromatic nitrogens is 2. The van der Waals surface area contributed by atoms with Gasteiger partial charge in [-0.3, -0.25) is 4.90 Å². The summed E-state index contributed by atoms with van der Waals surface area (Å²) in [6.45, 7) is 8.13. The van der Waals surface area contributed by atoms with E-state index >= 15 is 0 Å². The van der Waals surface area contributed by atoms with Gasteiger partial charge in [0.1, 0.15) is 11.6 Å². The molecule has 1 aliphatic heterocycles. The summed E-state index contributed by atoms with van der Waals surface area (Å²) in [7, 11) is 2.06. The summed E-state index contributed by atoms with van der Waals surface area (Å²) in [5, 5.41) is 3.40. The Kier molecular flexibility index (Phi) is 5.27. The maximum Gasteiger partial charge on any atom is 0.451 e. The van der Waals surface area contributed by atoms with E-state index in [4.69, 9.17) is 0 Å². The molecule has 0 saturated carbocycles. The number of rotatable bonds is 4. The molecule has 27 heavy (non-hydrogen) atoms. The van der Waals surface area contributed by atoms with Gasteiger partial charge in [-0.25, -0.2) is 14.4 Å². The number of hydrogen-bond acceptors (Lipinski definition) is 5. The van der Waals surface area contributed by atoms with Crippen molar-refractivity contribution in [1.29, 1.82) is 0 Å². The zero-order valence-electron chi connectivity index (χ0n) is 15.6. The van der Waals surface area contributed by atoms with Crippen LogP contribution >= 0.6 is 0 Å². The molecule has 3 rings (SSSR count). The van der Waals surface area contributed by atoms with Gasteiger partial charge in [0.25, 0.3) is 0 Å². The number of anilines is 1. The average molecular weight is 385 g/mol. The van der Waals surface area contributed by atoms with Gasteiger partial charge in [0.2, 0.25) is 5.82 Å². The van der Waals surface area contributed by atoms with Gasteiger partial charge in [-0.2, -0.15) is 13.2 Å². The summed E-state index contributed by atoms with van der Waals surface area (Å²) >= 11 is 0. The van der Waals surface area contributed by atoms with Crippen molar-refractivity contribution in [2.24, 2.45) is 0 Å². The fourth-order valence-electron chi connectivity index (χ4n) is 3.19. The second kappa shape index (κ2) is 7.20. The minimum absolute atomic E-state index is 0.0644. The van der Waals surface area contributed by atoms with Crippen LogP contribution in [0.5, 0.6) is 0 Å². The molecule has 0 aliphatic carbocycles. The first-order valence-electron chi connectivity index (χ1n) is 8.78. The summed E-state index contributed by atoms with van der Waals surface area (Å²) in [4.78, 5) is 11.7. The van der Waals surface area contributed by atoms with E-state index < -0.39 is 17.8 Å². The monoisotopic (exact) mass is 385 g/mol. The number of piperazine rings is 1. The third-order valence-electron chi connectivity index (χ3n) is 4.96. The number of nitrogens with one attached hydrogen (secondary N) is 1. The van der Waals surface area contributed by atoms with Crippen LogP contribution in [0.25, 0.3) is 10.9 Å². The van der Waals surface area contributed by atoms with Crippen LogP contribution in [0, 0.1) is 5.82 Å². The molecule has 2 aromatic rings. The molecule has 0 bridgehead atoms. The predicted molar refractivity (Wildman–Crippen MR) is 96.1 cm³/mol. The molecule has 0 atom stereocenters. The lowest BCUT2D eigenvalue weighted by Crippen LogP contribution is -2.56. The van der Waals surface area contributed by atoms with Crippen molar-refractivity contribution in [3.8, 4) is 0 Å². The van der Waals surface area contributed by atoms with Crippen LogP contribution < -0.4 is 5.32 Å². The highest BCUT2D eigenvalue weighted by atomic mass is 19.4. The molecule has 1 aromatic heterocycles. The first-order chi connectivity index (χ1) is 12.6. The van der Waals surface area contributed by atoms with Crippen LogP contribution in [0.15, 0.2) is 18.2 Å². The maximum atomic E-state index is 13.5. The molecule has 0 radical (unpaired) electrons.